The Morgan fingerprint density at radius 2 is 1.82 bits per heavy atom. The highest BCUT2D eigenvalue weighted by Crippen LogP contribution is 2.30. The second-order valence-corrected chi connectivity index (χ2v) is 10.1. The van der Waals surface area contributed by atoms with Crippen molar-refractivity contribution in [1.29, 1.82) is 0 Å². The van der Waals surface area contributed by atoms with E-state index in [0.717, 1.165) is 21.9 Å². The van der Waals surface area contributed by atoms with Crippen molar-refractivity contribution in [2.45, 2.75) is 5.75 Å². The molecule has 10 heteroatoms. The summed E-state index contributed by atoms with van der Waals surface area (Å²) in [5.41, 5.74) is 1.23. The van der Waals surface area contributed by atoms with Gasteiger partial charge in [0.2, 0.25) is 15.9 Å². The Balaban J connectivity index is 1.88. The lowest BCUT2D eigenvalue weighted by atomic mass is 10.2. The molecule has 0 aliphatic rings. The fraction of sp³-hybridized carbons (Fsp3) is 0.278. The van der Waals surface area contributed by atoms with Crippen LogP contribution in [0.15, 0.2) is 42.5 Å². The summed E-state index contributed by atoms with van der Waals surface area (Å²) >= 11 is 19.7. The lowest BCUT2D eigenvalue weighted by molar-refractivity contribution is -0.119. The van der Waals surface area contributed by atoms with Gasteiger partial charge in [0, 0.05) is 28.1 Å². The van der Waals surface area contributed by atoms with E-state index in [1.165, 1.54) is 18.2 Å². The predicted molar refractivity (Wildman–Crippen MR) is 119 cm³/mol. The van der Waals surface area contributed by atoms with Gasteiger partial charge in [-0.05, 0) is 29.8 Å². The topological polar surface area (TPSA) is 66.5 Å². The molecule has 0 heterocycles. The van der Waals surface area contributed by atoms with Crippen LogP contribution in [0.5, 0.6) is 0 Å². The first kappa shape index (κ1) is 23.2. The molecule has 0 radical (unpaired) electrons. The van der Waals surface area contributed by atoms with E-state index >= 15 is 0 Å². The van der Waals surface area contributed by atoms with Crippen LogP contribution in [0, 0.1) is 0 Å². The Hall–Kier alpha value is -1.12. The standard InChI is InChI=1S/C18H19Cl3N2O3S2/c1-28(25,26)23(17-7-6-14(19)10-16(17)21)11-18(24)22-8-9-27-12-13-4-2-3-5-15(13)20/h2-7,10H,8-9,11-12H2,1H3,(H,22,24). The molecule has 0 fully saturated rings. The normalized spacial score (nSPS) is 11.3. The molecule has 0 aliphatic heterocycles. The SMILES string of the molecule is CS(=O)(=O)N(CC(=O)NCCSCc1ccccc1Cl)c1ccc(Cl)cc1Cl. The van der Waals surface area contributed by atoms with Gasteiger partial charge in [-0.1, -0.05) is 53.0 Å². The molecule has 0 saturated heterocycles. The number of nitrogens with one attached hydrogen (secondary N) is 1. The summed E-state index contributed by atoms with van der Waals surface area (Å²) in [6.07, 6.45) is 1.02. The minimum atomic E-state index is -3.70. The van der Waals surface area contributed by atoms with Crippen LogP contribution in [0.2, 0.25) is 15.1 Å². The minimum absolute atomic E-state index is 0.154. The van der Waals surface area contributed by atoms with Crippen molar-refractivity contribution in [2.24, 2.45) is 0 Å². The lowest BCUT2D eigenvalue weighted by Crippen LogP contribution is -2.41. The van der Waals surface area contributed by atoms with Crippen molar-refractivity contribution in [2.75, 3.05) is 29.4 Å². The van der Waals surface area contributed by atoms with Gasteiger partial charge in [0.25, 0.3) is 0 Å². The fourth-order valence-corrected chi connectivity index (χ4v) is 4.88. The van der Waals surface area contributed by atoms with E-state index in [1.54, 1.807) is 11.8 Å². The second kappa shape index (κ2) is 10.6. The highest BCUT2D eigenvalue weighted by atomic mass is 35.5. The number of carbonyl (C=O) groups is 1. The summed E-state index contributed by atoms with van der Waals surface area (Å²) in [6.45, 7) is 0.0370. The van der Waals surface area contributed by atoms with Crippen LogP contribution in [0.4, 0.5) is 5.69 Å². The zero-order valence-corrected chi connectivity index (χ0v) is 18.9. The number of anilines is 1. The number of amides is 1. The third-order valence-corrected chi connectivity index (χ3v) is 6.69. The van der Waals surface area contributed by atoms with Crippen LogP contribution in [-0.4, -0.2) is 39.4 Å². The molecule has 0 aliphatic carbocycles. The van der Waals surface area contributed by atoms with Crippen LogP contribution in [0.1, 0.15) is 5.56 Å². The molecule has 0 saturated carbocycles. The number of rotatable bonds is 9. The van der Waals surface area contributed by atoms with Crippen LogP contribution in [0.3, 0.4) is 0 Å². The number of benzene rings is 2. The molecule has 0 unspecified atom stereocenters. The molecule has 2 aromatic carbocycles. The first-order valence-corrected chi connectivity index (χ1v) is 12.3. The van der Waals surface area contributed by atoms with Gasteiger partial charge in [-0.2, -0.15) is 11.8 Å². The molecule has 1 N–H and O–H groups in total. The Labute approximate surface area is 184 Å². The molecule has 0 spiro atoms. The summed E-state index contributed by atoms with van der Waals surface area (Å²) in [7, 11) is -3.70. The van der Waals surface area contributed by atoms with Crippen molar-refractivity contribution >= 4 is 68.2 Å². The van der Waals surface area contributed by atoms with E-state index < -0.39 is 15.9 Å². The molecule has 5 nitrogen and oxygen atoms in total. The Morgan fingerprint density at radius 3 is 2.46 bits per heavy atom. The van der Waals surface area contributed by atoms with Crippen molar-refractivity contribution in [3.63, 3.8) is 0 Å². The molecule has 152 valence electrons. The monoisotopic (exact) mass is 480 g/mol. The van der Waals surface area contributed by atoms with Crippen LogP contribution in [-0.2, 0) is 20.6 Å². The number of hydrogen-bond acceptors (Lipinski definition) is 4. The number of thioether (sulfide) groups is 1. The largest absolute Gasteiger partial charge is 0.354 e. The zero-order valence-electron chi connectivity index (χ0n) is 15.0. The predicted octanol–water partition coefficient (Wildman–Crippen LogP) is 4.46. The van der Waals surface area contributed by atoms with Crippen molar-refractivity contribution in [3.8, 4) is 0 Å². The van der Waals surface area contributed by atoms with Crippen molar-refractivity contribution < 1.29 is 13.2 Å². The molecular weight excluding hydrogens is 463 g/mol. The highest BCUT2D eigenvalue weighted by molar-refractivity contribution is 7.98. The summed E-state index contributed by atoms with van der Waals surface area (Å²) in [5.74, 6) is 0.970. The average molecular weight is 482 g/mol. The number of sulfonamides is 1. The molecule has 2 rings (SSSR count). The maximum atomic E-state index is 12.2. The van der Waals surface area contributed by atoms with Crippen LogP contribution >= 0.6 is 46.6 Å². The van der Waals surface area contributed by atoms with Gasteiger partial charge in [-0.3, -0.25) is 9.10 Å². The van der Waals surface area contributed by atoms with Crippen molar-refractivity contribution in [1.82, 2.24) is 5.32 Å². The van der Waals surface area contributed by atoms with E-state index in [2.05, 4.69) is 5.32 Å². The van der Waals surface area contributed by atoms with E-state index in [1.807, 2.05) is 24.3 Å². The van der Waals surface area contributed by atoms with Gasteiger partial charge < -0.3 is 5.32 Å². The van der Waals surface area contributed by atoms with Gasteiger partial charge in [0.05, 0.1) is 17.0 Å². The molecular formula is C18H19Cl3N2O3S2. The third-order valence-electron chi connectivity index (χ3n) is 3.65. The van der Waals surface area contributed by atoms with Gasteiger partial charge in [-0.15, -0.1) is 0 Å². The first-order valence-electron chi connectivity index (χ1n) is 8.19. The highest BCUT2D eigenvalue weighted by Gasteiger charge is 2.23. The van der Waals surface area contributed by atoms with Gasteiger partial charge in [0.1, 0.15) is 6.54 Å². The second-order valence-electron chi connectivity index (χ2n) is 5.86. The van der Waals surface area contributed by atoms with Crippen molar-refractivity contribution in [3.05, 3.63) is 63.1 Å². The summed E-state index contributed by atoms with van der Waals surface area (Å²) in [6, 6.07) is 12.0. The summed E-state index contributed by atoms with van der Waals surface area (Å²) in [4.78, 5) is 12.2. The Morgan fingerprint density at radius 1 is 1.11 bits per heavy atom. The molecule has 0 aromatic heterocycles. The fourth-order valence-electron chi connectivity index (χ4n) is 2.31. The maximum Gasteiger partial charge on any atom is 0.240 e. The average Bonchev–Trinajstić information content (AvgIpc) is 2.60. The number of hydrogen-bond donors (Lipinski definition) is 1. The smallest absolute Gasteiger partial charge is 0.240 e. The van der Waals surface area contributed by atoms with E-state index in [-0.39, 0.29) is 17.3 Å². The van der Waals surface area contributed by atoms with E-state index in [9.17, 15) is 13.2 Å². The summed E-state index contributed by atoms with van der Waals surface area (Å²) < 4.78 is 25.2. The quantitative estimate of drug-likeness (QED) is 0.537. The molecule has 0 bridgehead atoms. The minimum Gasteiger partial charge on any atom is -0.354 e. The van der Waals surface area contributed by atoms with Gasteiger partial charge in [0.15, 0.2) is 0 Å². The van der Waals surface area contributed by atoms with Crippen LogP contribution in [0.25, 0.3) is 0 Å². The molecule has 28 heavy (non-hydrogen) atoms. The number of nitrogens with zero attached hydrogens (tertiary/aromatic N) is 1. The number of halogens is 3. The van der Waals surface area contributed by atoms with Gasteiger partial charge in [-0.25, -0.2) is 8.42 Å². The van der Waals surface area contributed by atoms with E-state index in [0.29, 0.717) is 22.3 Å². The van der Waals surface area contributed by atoms with E-state index in [4.69, 9.17) is 34.8 Å². The zero-order chi connectivity index (χ0) is 20.7. The lowest BCUT2D eigenvalue weighted by Gasteiger charge is -2.23. The third kappa shape index (κ3) is 7.04. The summed E-state index contributed by atoms with van der Waals surface area (Å²) in [5, 5.41) is 3.96. The maximum absolute atomic E-state index is 12.2. The van der Waals surface area contributed by atoms with Gasteiger partial charge >= 0.3 is 0 Å². The van der Waals surface area contributed by atoms with Crippen LogP contribution < -0.4 is 9.62 Å². The number of carbonyl (C=O) groups excluding carboxylic acids is 1. The molecule has 1 amide bonds. The Kier molecular flexibility index (Phi) is 8.77. The first-order chi connectivity index (χ1) is 13.2. The molecule has 0 atom stereocenters. The molecule has 2 aromatic rings. The Bertz CT molecular complexity index is 939.